The lowest BCUT2D eigenvalue weighted by Gasteiger charge is -2.40. The number of anilines is 1. The molecule has 2 aromatic carbocycles. The summed E-state index contributed by atoms with van der Waals surface area (Å²) in [5, 5.41) is 29.0. The molecule has 1 aromatic heterocycles. The van der Waals surface area contributed by atoms with Crippen molar-refractivity contribution in [2.75, 3.05) is 91.4 Å². The van der Waals surface area contributed by atoms with E-state index < -0.39 is 78.0 Å². The van der Waals surface area contributed by atoms with Crippen molar-refractivity contribution in [1.82, 2.24) is 52.2 Å². The molecule has 1 saturated heterocycles. The monoisotopic (exact) mass is 1410 g/mol. The van der Waals surface area contributed by atoms with Crippen molar-refractivity contribution in [3.63, 3.8) is 0 Å². The molecule has 0 aliphatic carbocycles. The second-order valence-electron chi connectivity index (χ2n) is 25.6. The number of amides is 10. The number of aromatic hydroxyl groups is 1. The highest BCUT2D eigenvalue weighted by Crippen LogP contribution is 2.32. The van der Waals surface area contributed by atoms with Crippen LogP contribution in [0.3, 0.4) is 0 Å². The first-order valence-electron chi connectivity index (χ1n) is 34.7. The Bertz CT molecular complexity index is 2940. The van der Waals surface area contributed by atoms with Crippen molar-refractivity contribution in [3.8, 4) is 5.75 Å². The van der Waals surface area contributed by atoms with Gasteiger partial charge in [-0.3, -0.25) is 39.1 Å². The molecule has 0 spiro atoms. The molecule has 1 aliphatic heterocycles. The van der Waals surface area contributed by atoms with Crippen LogP contribution in [0.1, 0.15) is 159 Å². The maximum Gasteiger partial charge on any atom is 0.426 e. The molecule has 554 valence electrons. The van der Waals surface area contributed by atoms with Crippen molar-refractivity contribution < 1.29 is 76.7 Å². The standard InChI is InChI=1S/C69H111N13O16S/c1-11-29-82(66(89)59(46(8)13-3)78-63(87)55-18-14-15-30-81(55)10)56(44(4)5)41-57(96-31-12-2)65-77-54(43-99-65)62(86)75-51(40-48-21-25-52(83)26-22-48)39-47(9)60(84)79-80-69(92)97-38-37-95-36-35-94-34-33-93-32-28-73-68(91)98-42-49-19-23-50(24-20-49)74-61(85)53(17-16-27-72-67(71)90)76-64(88)58(70)45(6)7/h19-26,43-47,51,53,55-59,83H,11-18,27-42,70H2,1-10H3,(H,73,91)(H,74,85)(H,75,86)(H,76,88)(H,78,87)(H,79,84)(H,80,92)(H3,71,72,90)/t46-,47-,51+,53-,55+,56+,57+,58-,59-/m0/s1. The van der Waals surface area contributed by atoms with E-state index in [-0.39, 0.29) is 132 Å². The van der Waals surface area contributed by atoms with Crippen molar-refractivity contribution in [1.29, 1.82) is 0 Å². The average Bonchev–Trinajstić information content (AvgIpc) is 1.69. The number of urea groups is 1. The molecule has 1 aliphatic rings. The van der Waals surface area contributed by atoms with Gasteiger partial charge >= 0.3 is 18.2 Å². The van der Waals surface area contributed by atoms with Crippen LogP contribution in [0.5, 0.6) is 5.75 Å². The Morgan fingerprint density at radius 1 is 0.717 bits per heavy atom. The number of phenolic OH excluding ortho intramolecular Hbond substituents is 1. The number of hydrogen-bond acceptors (Lipinski definition) is 20. The zero-order chi connectivity index (χ0) is 72.8. The lowest BCUT2D eigenvalue weighted by Crippen LogP contribution is -2.58. The number of hydrazine groups is 1. The van der Waals surface area contributed by atoms with Crippen molar-refractivity contribution in [3.05, 3.63) is 75.7 Å². The number of thiazole rings is 1. The van der Waals surface area contributed by atoms with Gasteiger partial charge in [0.15, 0.2) is 0 Å². The molecular weight excluding hydrogens is 1300 g/mol. The van der Waals surface area contributed by atoms with E-state index in [9.17, 15) is 48.3 Å². The van der Waals surface area contributed by atoms with E-state index in [4.69, 9.17) is 44.9 Å². The minimum atomic E-state index is -0.925. The number of primary amides is 1. The van der Waals surface area contributed by atoms with E-state index in [1.54, 1.807) is 62.5 Å². The molecule has 0 bridgehead atoms. The van der Waals surface area contributed by atoms with Crippen LogP contribution in [0.15, 0.2) is 53.9 Å². The number of nitrogens with two attached hydrogens (primary N) is 2. The van der Waals surface area contributed by atoms with Crippen LogP contribution < -0.4 is 54.2 Å². The van der Waals surface area contributed by atoms with Gasteiger partial charge in [-0.15, -0.1) is 11.3 Å². The van der Waals surface area contributed by atoms with Crippen LogP contribution in [0.4, 0.5) is 20.1 Å². The molecule has 13 N–H and O–H groups in total. The first-order chi connectivity index (χ1) is 47.3. The third-order valence-electron chi connectivity index (χ3n) is 16.8. The summed E-state index contributed by atoms with van der Waals surface area (Å²) in [6.45, 7) is 20.6. The normalized spacial score (nSPS) is 15.6. The van der Waals surface area contributed by atoms with Crippen LogP contribution in [-0.4, -0.2) is 196 Å². The van der Waals surface area contributed by atoms with Crippen molar-refractivity contribution >= 4 is 70.7 Å². The number of likely N-dealkylation sites (N-methyl/N-ethyl adjacent to an activating group) is 1. The Balaban J connectivity index is 1.16. The minimum Gasteiger partial charge on any atom is -0.508 e. The second kappa shape index (κ2) is 45.8. The quantitative estimate of drug-likeness (QED) is 0.0230. The average molecular weight is 1410 g/mol. The highest BCUT2D eigenvalue weighted by molar-refractivity contribution is 7.09. The third-order valence-corrected chi connectivity index (χ3v) is 17.8. The van der Waals surface area contributed by atoms with Gasteiger partial charge in [0.25, 0.3) is 5.91 Å². The summed E-state index contributed by atoms with van der Waals surface area (Å²) >= 11 is 1.29. The van der Waals surface area contributed by atoms with Gasteiger partial charge in [0.2, 0.25) is 29.5 Å². The molecule has 30 heteroatoms. The van der Waals surface area contributed by atoms with Gasteiger partial charge in [-0.05, 0) is 118 Å². The van der Waals surface area contributed by atoms with Crippen LogP contribution >= 0.6 is 11.3 Å². The number of likely N-dealkylation sites (tertiary alicyclic amines) is 1. The second-order valence-corrected chi connectivity index (χ2v) is 26.5. The van der Waals surface area contributed by atoms with Crippen LogP contribution in [-0.2, 0) is 65.4 Å². The minimum absolute atomic E-state index is 0.000422. The van der Waals surface area contributed by atoms with Gasteiger partial charge in [-0.25, -0.2) is 24.8 Å². The number of rotatable bonds is 45. The highest BCUT2D eigenvalue weighted by atomic mass is 32.1. The van der Waals surface area contributed by atoms with E-state index >= 15 is 0 Å². The fraction of sp³-hybridized carbons (Fsp3) is 0.652. The first-order valence-corrected chi connectivity index (χ1v) is 35.6. The predicted molar refractivity (Wildman–Crippen MR) is 375 cm³/mol. The predicted octanol–water partition coefficient (Wildman–Crippen LogP) is 5.94. The van der Waals surface area contributed by atoms with Gasteiger partial charge < -0.3 is 81.8 Å². The number of benzene rings is 2. The number of aromatic nitrogens is 1. The maximum atomic E-state index is 14.8. The molecule has 29 nitrogen and oxygen atoms in total. The van der Waals surface area contributed by atoms with Crippen LogP contribution in [0.25, 0.3) is 0 Å². The number of alkyl carbamates (subject to hydrolysis) is 1. The number of piperidine rings is 1. The molecule has 0 unspecified atom stereocenters. The topological polar surface area (TPSA) is 397 Å². The number of hydrogen-bond donors (Lipinski definition) is 11. The number of carbonyl (C=O) groups excluding carboxylic acids is 9. The summed E-state index contributed by atoms with van der Waals surface area (Å²) in [6.07, 6.45) is 4.16. The zero-order valence-electron chi connectivity index (χ0n) is 59.5. The lowest BCUT2D eigenvalue weighted by atomic mass is 9.92. The van der Waals surface area contributed by atoms with Crippen molar-refractivity contribution in [2.45, 2.75) is 182 Å². The Labute approximate surface area is 587 Å². The number of nitrogens with one attached hydrogen (secondary N) is 8. The van der Waals surface area contributed by atoms with Gasteiger partial charge in [-0.1, -0.05) is 99.4 Å². The van der Waals surface area contributed by atoms with Crippen LogP contribution in [0, 0.1) is 23.7 Å². The summed E-state index contributed by atoms with van der Waals surface area (Å²) < 4.78 is 33.4. The maximum absolute atomic E-state index is 14.8. The Morgan fingerprint density at radius 3 is 2.01 bits per heavy atom. The molecular formula is C69H111N13O16S. The van der Waals surface area contributed by atoms with Crippen molar-refractivity contribution in [2.24, 2.45) is 35.1 Å². The smallest absolute Gasteiger partial charge is 0.426 e. The number of ether oxygens (including phenoxy) is 6. The molecule has 2 heterocycles. The number of carbonyl (C=O) groups is 9. The van der Waals surface area contributed by atoms with Gasteiger partial charge in [0.1, 0.15) is 47.9 Å². The summed E-state index contributed by atoms with van der Waals surface area (Å²) in [4.78, 5) is 127. The van der Waals surface area contributed by atoms with Gasteiger partial charge in [-0.2, -0.15) is 0 Å². The van der Waals surface area contributed by atoms with E-state index in [0.29, 0.717) is 61.5 Å². The molecule has 10 amide bonds. The summed E-state index contributed by atoms with van der Waals surface area (Å²) in [5.74, 6) is -3.13. The molecule has 1 fully saturated rings. The fourth-order valence-corrected chi connectivity index (χ4v) is 11.7. The lowest BCUT2D eigenvalue weighted by molar-refractivity contribution is -0.143. The summed E-state index contributed by atoms with van der Waals surface area (Å²) in [6, 6.07) is 8.80. The van der Waals surface area contributed by atoms with Gasteiger partial charge in [0.05, 0.1) is 51.7 Å². The Morgan fingerprint density at radius 2 is 1.38 bits per heavy atom. The largest absolute Gasteiger partial charge is 0.508 e. The number of phenols is 1. The Hall–Kier alpha value is -7.74. The Kier molecular flexibility index (Phi) is 38.7. The molecule has 0 saturated carbocycles. The number of nitrogens with zero attached hydrogens (tertiary/aromatic N) is 3. The molecule has 99 heavy (non-hydrogen) atoms. The summed E-state index contributed by atoms with van der Waals surface area (Å²) in [5.41, 5.74) is 17.8. The molecule has 0 radical (unpaired) electrons. The molecule has 3 aromatic rings. The van der Waals surface area contributed by atoms with E-state index in [0.717, 1.165) is 37.8 Å². The first kappa shape index (κ1) is 83.7. The highest BCUT2D eigenvalue weighted by Gasteiger charge is 2.39. The van der Waals surface area contributed by atoms with Gasteiger partial charge in [0, 0.05) is 61.7 Å². The van der Waals surface area contributed by atoms with E-state index in [1.165, 1.54) is 23.5 Å². The van der Waals surface area contributed by atoms with E-state index in [2.05, 4.69) is 61.5 Å². The fourth-order valence-electron chi connectivity index (χ4n) is 10.8. The molecule has 4 rings (SSSR count). The SMILES string of the molecule is CCCO[C@H](C[C@H](C(C)C)N(CCC)C(=O)[C@@H](NC(=O)[C@H]1CCCCN1C)[C@@H](C)CC)c1nc(C(=O)N[C@@H](Cc2ccc(O)cc2)C[C@H](C)C(=O)NNC(=O)OCCOCCOCCOCCNC(=O)OCc2ccc(NC(=O)[C@H](CCCNC(N)=O)NC(=O)[C@@H](N)C(C)C)cc2)cs1. The zero-order valence-corrected chi connectivity index (χ0v) is 60.3. The molecule has 9 atom stereocenters. The third kappa shape index (κ3) is 31.1. The van der Waals surface area contributed by atoms with E-state index in [1.807, 2.05) is 39.6 Å². The summed E-state index contributed by atoms with van der Waals surface area (Å²) in [7, 11) is 1.96. The van der Waals surface area contributed by atoms with Crippen LogP contribution in [0.2, 0.25) is 0 Å².